The average Bonchev–Trinajstić information content (AvgIpc) is 2.42. The zero-order chi connectivity index (χ0) is 13.2. The molecule has 0 spiro atoms. The fraction of sp³-hybridized carbons (Fsp3) is 0.818. The Hall–Kier alpha value is -1.30. The molecule has 1 fully saturated rings. The number of nitrogens with one attached hydrogen (secondary N) is 1. The van der Waals surface area contributed by atoms with E-state index in [0.29, 0.717) is 13.1 Å². The number of likely N-dealkylation sites (tertiary alicyclic amines) is 1. The first-order chi connectivity index (χ1) is 7.69. The van der Waals surface area contributed by atoms with Crippen LogP contribution in [-0.2, 0) is 9.53 Å². The van der Waals surface area contributed by atoms with Crippen molar-refractivity contribution in [3.8, 4) is 0 Å². The summed E-state index contributed by atoms with van der Waals surface area (Å²) in [4.78, 5) is 24.4. The van der Waals surface area contributed by atoms with E-state index < -0.39 is 29.6 Å². The lowest BCUT2D eigenvalue weighted by atomic mass is 10.0. The molecule has 1 saturated heterocycles. The molecule has 0 aromatic heterocycles. The van der Waals surface area contributed by atoms with Gasteiger partial charge < -0.3 is 20.1 Å². The lowest BCUT2D eigenvalue weighted by molar-refractivity contribution is -0.141. The van der Waals surface area contributed by atoms with E-state index in [9.17, 15) is 9.59 Å². The Kier molecular flexibility index (Phi) is 3.98. The lowest BCUT2D eigenvalue weighted by Gasteiger charge is -2.22. The first-order valence-corrected chi connectivity index (χ1v) is 5.60. The van der Waals surface area contributed by atoms with E-state index in [0.717, 1.165) is 0 Å². The highest BCUT2D eigenvalue weighted by Crippen LogP contribution is 2.16. The van der Waals surface area contributed by atoms with E-state index in [1.165, 1.54) is 0 Å². The van der Waals surface area contributed by atoms with Crippen LogP contribution >= 0.6 is 0 Å². The van der Waals surface area contributed by atoms with Gasteiger partial charge in [0.05, 0.1) is 12.0 Å². The molecule has 0 radical (unpaired) electrons. The molecule has 2 atom stereocenters. The summed E-state index contributed by atoms with van der Waals surface area (Å²) in [5.74, 6) is -1.47. The van der Waals surface area contributed by atoms with Crippen molar-refractivity contribution < 1.29 is 19.4 Å². The Balaban J connectivity index is 2.55. The lowest BCUT2D eigenvalue weighted by Crippen LogP contribution is -2.45. The van der Waals surface area contributed by atoms with E-state index in [2.05, 4.69) is 5.32 Å². The van der Waals surface area contributed by atoms with Gasteiger partial charge in [0.2, 0.25) is 0 Å². The summed E-state index contributed by atoms with van der Waals surface area (Å²) < 4.78 is 5.10. The van der Waals surface area contributed by atoms with Crippen molar-refractivity contribution in [2.75, 3.05) is 20.1 Å². The Labute approximate surface area is 101 Å². The van der Waals surface area contributed by atoms with Crippen molar-refractivity contribution in [1.29, 1.82) is 0 Å². The zero-order valence-electron chi connectivity index (χ0n) is 10.7. The summed E-state index contributed by atoms with van der Waals surface area (Å²) in [6.07, 6.45) is -0.566. The summed E-state index contributed by atoms with van der Waals surface area (Å²) in [7, 11) is 1.83. The Morgan fingerprint density at radius 2 is 1.94 bits per heavy atom. The summed E-state index contributed by atoms with van der Waals surface area (Å²) in [5.41, 5.74) is -0.576. The second kappa shape index (κ2) is 4.91. The van der Waals surface area contributed by atoms with Crippen molar-refractivity contribution in [2.24, 2.45) is 5.92 Å². The number of rotatable bonds is 2. The maximum absolute atomic E-state index is 11.5. The van der Waals surface area contributed by atoms with Gasteiger partial charge in [-0.2, -0.15) is 0 Å². The molecule has 1 aliphatic heterocycles. The maximum Gasteiger partial charge on any atom is 0.407 e. The summed E-state index contributed by atoms with van der Waals surface area (Å²) in [5, 5.41) is 11.6. The van der Waals surface area contributed by atoms with Crippen molar-refractivity contribution >= 4 is 12.1 Å². The number of carbonyl (C=O) groups excluding carboxylic acids is 1. The number of carbonyl (C=O) groups is 2. The molecule has 0 aromatic carbocycles. The van der Waals surface area contributed by atoms with Crippen LogP contribution in [0.25, 0.3) is 0 Å². The van der Waals surface area contributed by atoms with Crippen molar-refractivity contribution in [3.63, 3.8) is 0 Å². The van der Waals surface area contributed by atoms with Crippen LogP contribution in [0.1, 0.15) is 20.8 Å². The number of carboxylic acid groups (broad SMARTS) is 1. The van der Waals surface area contributed by atoms with Gasteiger partial charge in [0.1, 0.15) is 5.60 Å². The molecule has 1 aliphatic rings. The van der Waals surface area contributed by atoms with Gasteiger partial charge in [-0.1, -0.05) is 0 Å². The largest absolute Gasteiger partial charge is 0.481 e. The third kappa shape index (κ3) is 4.22. The Morgan fingerprint density at radius 1 is 1.35 bits per heavy atom. The third-order valence-corrected chi connectivity index (χ3v) is 2.52. The third-order valence-electron chi connectivity index (χ3n) is 2.52. The minimum absolute atomic E-state index is 0.396. The molecule has 6 heteroatoms. The molecule has 6 nitrogen and oxygen atoms in total. The fourth-order valence-corrected chi connectivity index (χ4v) is 1.86. The van der Waals surface area contributed by atoms with Gasteiger partial charge in [0.15, 0.2) is 0 Å². The smallest absolute Gasteiger partial charge is 0.407 e. The van der Waals surface area contributed by atoms with Crippen LogP contribution in [0.5, 0.6) is 0 Å². The molecule has 2 N–H and O–H groups in total. The summed E-state index contributed by atoms with van der Waals surface area (Å²) in [6.45, 7) is 6.26. The van der Waals surface area contributed by atoms with Crippen LogP contribution in [0.4, 0.5) is 4.79 Å². The number of aliphatic carboxylic acids is 1. The first kappa shape index (κ1) is 13.8. The molecule has 0 bridgehead atoms. The number of hydrogen-bond acceptors (Lipinski definition) is 4. The van der Waals surface area contributed by atoms with Crippen LogP contribution in [0.3, 0.4) is 0 Å². The van der Waals surface area contributed by atoms with Crippen LogP contribution < -0.4 is 5.32 Å². The molecule has 1 amide bonds. The van der Waals surface area contributed by atoms with Crippen molar-refractivity contribution in [1.82, 2.24) is 10.2 Å². The Bertz CT molecular complexity index is 311. The fourth-order valence-electron chi connectivity index (χ4n) is 1.86. The molecule has 0 aliphatic carbocycles. The van der Waals surface area contributed by atoms with E-state index >= 15 is 0 Å². The van der Waals surface area contributed by atoms with Crippen molar-refractivity contribution in [3.05, 3.63) is 0 Å². The number of amides is 1. The Morgan fingerprint density at radius 3 is 2.41 bits per heavy atom. The van der Waals surface area contributed by atoms with E-state index in [4.69, 9.17) is 9.84 Å². The SMILES string of the molecule is CN1CC(NC(=O)OC(C)(C)C)C(C(=O)O)C1. The highest BCUT2D eigenvalue weighted by atomic mass is 16.6. The number of ether oxygens (including phenoxy) is 1. The minimum Gasteiger partial charge on any atom is -0.481 e. The van der Waals surface area contributed by atoms with Gasteiger partial charge in [-0.3, -0.25) is 4.79 Å². The van der Waals surface area contributed by atoms with E-state index in [1.54, 1.807) is 20.8 Å². The number of likely N-dealkylation sites (N-methyl/N-ethyl adjacent to an activating group) is 1. The molecule has 17 heavy (non-hydrogen) atoms. The topological polar surface area (TPSA) is 78.9 Å². The molecule has 1 rings (SSSR count). The van der Waals surface area contributed by atoms with E-state index in [-0.39, 0.29) is 0 Å². The zero-order valence-corrected chi connectivity index (χ0v) is 10.7. The molecule has 2 unspecified atom stereocenters. The average molecular weight is 244 g/mol. The molecule has 0 aromatic rings. The number of alkyl carbamates (subject to hydrolysis) is 1. The molecular formula is C11H20N2O4. The maximum atomic E-state index is 11.5. The summed E-state index contributed by atoms with van der Waals surface area (Å²) in [6, 6.07) is -0.396. The van der Waals surface area contributed by atoms with Crippen LogP contribution in [0.2, 0.25) is 0 Å². The van der Waals surface area contributed by atoms with Gasteiger partial charge in [-0.15, -0.1) is 0 Å². The number of carboxylic acids is 1. The predicted molar refractivity (Wildman–Crippen MR) is 61.8 cm³/mol. The molecular weight excluding hydrogens is 224 g/mol. The summed E-state index contributed by atoms with van der Waals surface area (Å²) >= 11 is 0. The minimum atomic E-state index is -0.893. The van der Waals surface area contributed by atoms with Gasteiger partial charge in [-0.25, -0.2) is 4.79 Å². The molecule has 1 heterocycles. The van der Waals surface area contributed by atoms with Crippen LogP contribution in [-0.4, -0.2) is 53.8 Å². The quantitative estimate of drug-likeness (QED) is 0.740. The van der Waals surface area contributed by atoms with Gasteiger partial charge in [0.25, 0.3) is 0 Å². The monoisotopic (exact) mass is 244 g/mol. The van der Waals surface area contributed by atoms with Crippen LogP contribution in [0.15, 0.2) is 0 Å². The molecule has 0 saturated carbocycles. The number of hydrogen-bond donors (Lipinski definition) is 2. The second-order valence-corrected chi connectivity index (χ2v) is 5.42. The highest BCUT2D eigenvalue weighted by molar-refractivity contribution is 5.74. The first-order valence-electron chi connectivity index (χ1n) is 5.60. The normalized spacial score (nSPS) is 25.6. The van der Waals surface area contributed by atoms with Gasteiger partial charge in [0, 0.05) is 13.1 Å². The van der Waals surface area contributed by atoms with Crippen LogP contribution in [0, 0.1) is 5.92 Å². The van der Waals surface area contributed by atoms with E-state index in [1.807, 2.05) is 11.9 Å². The highest BCUT2D eigenvalue weighted by Gasteiger charge is 2.37. The van der Waals surface area contributed by atoms with Gasteiger partial charge in [-0.05, 0) is 27.8 Å². The van der Waals surface area contributed by atoms with Gasteiger partial charge >= 0.3 is 12.1 Å². The predicted octanol–water partition coefficient (Wildman–Crippen LogP) is 0.526. The second-order valence-electron chi connectivity index (χ2n) is 5.42. The van der Waals surface area contributed by atoms with Crippen molar-refractivity contribution in [2.45, 2.75) is 32.4 Å². The number of nitrogens with zero attached hydrogens (tertiary/aromatic N) is 1. The molecule has 98 valence electrons. The standard InChI is InChI=1S/C11H20N2O4/c1-11(2,3)17-10(16)12-8-6-13(4)5-7(8)9(14)15/h7-8H,5-6H2,1-4H3,(H,12,16)(H,14,15).